The Hall–Kier alpha value is -1.42. The highest BCUT2D eigenvalue weighted by atomic mass is 16.1. The van der Waals surface area contributed by atoms with Gasteiger partial charge in [0.25, 0.3) is 0 Å². The highest BCUT2D eigenvalue weighted by Crippen LogP contribution is 2.15. The number of nitrogens with two attached hydrogens (primary N) is 1. The van der Waals surface area contributed by atoms with Crippen LogP contribution in [0.5, 0.6) is 0 Å². The number of carbonyl (C=O) groups excluding carboxylic acids is 1. The van der Waals surface area contributed by atoms with Crippen LogP contribution in [0, 0.1) is 12.8 Å². The lowest BCUT2D eigenvalue weighted by Crippen LogP contribution is -2.15. The van der Waals surface area contributed by atoms with Crippen LogP contribution in [0.3, 0.4) is 0 Å². The van der Waals surface area contributed by atoms with Crippen molar-refractivity contribution in [3.63, 3.8) is 0 Å². The number of aryl methyl sites for hydroxylation is 1. The van der Waals surface area contributed by atoms with Crippen LogP contribution < -0.4 is 11.1 Å². The summed E-state index contributed by atoms with van der Waals surface area (Å²) in [5.41, 5.74) is 6.63. The quantitative estimate of drug-likeness (QED) is 0.780. The van der Waals surface area contributed by atoms with Gasteiger partial charge in [0.05, 0.1) is 0 Å². The Morgan fingerprint density at radius 3 is 2.89 bits per heavy atom. The Morgan fingerprint density at radius 1 is 1.50 bits per heavy atom. The topological polar surface area (TPSA) is 68.0 Å². The molecule has 1 rings (SSSR count). The number of hydrogen-bond donors (Lipinski definition) is 2. The first kappa shape index (κ1) is 14.6. The summed E-state index contributed by atoms with van der Waals surface area (Å²) in [6.45, 7) is 4.81. The maximum absolute atomic E-state index is 11.8. The summed E-state index contributed by atoms with van der Waals surface area (Å²) in [5.74, 6) is 1.21. The molecule has 0 spiro atoms. The normalized spacial score (nSPS) is 12.2. The first-order valence-electron chi connectivity index (χ1n) is 6.58. The van der Waals surface area contributed by atoms with Gasteiger partial charge in [-0.25, -0.2) is 4.98 Å². The Balaban J connectivity index is 2.37. The fourth-order valence-corrected chi connectivity index (χ4v) is 1.93. The second kappa shape index (κ2) is 7.82. The molecule has 4 nitrogen and oxygen atoms in total. The summed E-state index contributed by atoms with van der Waals surface area (Å²) in [6.07, 6.45) is 5.20. The Labute approximate surface area is 109 Å². The van der Waals surface area contributed by atoms with Crippen LogP contribution in [-0.2, 0) is 4.79 Å². The zero-order valence-corrected chi connectivity index (χ0v) is 11.3. The summed E-state index contributed by atoms with van der Waals surface area (Å²) < 4.78 is 0. The van der Waals surface area contributed by atoms with E-state index < -0.39 is 0 Å². The van der Waals surface area contributed by atoms with E-state index in [0.717, 1.165) is 24.8 Å². The van der Waals surface area contributed by atoms with Gasteiger partial charge < -0.3 is 11.1 Å². The number of carbonyl (C=O) groups is 1. The molecule has 0 saturated heterocycles. The molecule has 0 radical (unpaired) electrons. The fraction of sp³-hybridized carbons (Fsp3) is 0.571. The van der Waals surface area contributed by atoms with Crippen molar-refractivity contribution < 1.29 is 4.79 Å². The first-order chi connectivity index (χ1) is 8.65. The van der Waals surface area contributed by atoms with Crippen molar-refractivity contribution in [2.24, 2.45) is 11.7 Å². The average molecular weight is 249 g/mol. The lowest BCUT2D eigenvalue weighted by Gasteiger charge is -2.13. The van der Waals surface area contributed by atoms with Crippen molar-refractivity contribution in [1.29, 1.82) is 0 Å². The molecule has 0 aromatic carbocycles. The van der Waals surface area contributed by atoms with Crippen LogP contribution >= 0.6 is 0 Å². The molecule has 0 saturated carbocycles. The molecule has 3 N–H and O–H groups in total. The van der Waals surface area contributed by atoms with Gasteiger partial charge in [0.15, 0.2) is 0 Å². The zero-order valence-electron chi connectivity index (χ0n) is 11.3. The molecule has 0 bridgehead atoms. The van der Waals surface area contributed by atoms with E-state index in [9.17, 15) is 4.79 Å². The number of nitrogens with one attached hydrogen (secondary N) is 1. The van der Waals surface area contributed by atoms with Gasteiger partial charge in [-0.05, 0) is 49.9 Å². The fourth-order valence-electron chi connectivity index (χ4n) is 1.93. The van der Waals surface area contributed by atoms with Crippen LogP contribution in [0.4, 0.5) is 5.82 Å². The molecule has 1 heterocycles. The van der Waals surface area contributed by atoms with Crippen LogP contribution in [-0.4, -0.2) is 17.4 Å². The van der Waals surface area contributed by atoms with E-state index in [1.54, 1.807) is 6.20 Å². The molecule has 1 aromatic rings. The van der Waals surface area contributed by atoms with Gasteiger partial charge in [-0.3, -0.25) is 4.79 Å². The number of aromatic nitrogens is 1. The number of amides is 1. The summed E-state index contributed by atoms with van der Waals surface area (Å²) in [5, 5.41) is 2.82. The monoisotopic (exact) mass is 249 g/mol. The van der Waals surface area contributed by atoms with Crippen LogP contribution in [0.1, 0.15) is 38.2 Å². The van der Waals surface area contributed by atoms with Gasteiger partial charge in [0.1, 0.15) is 5.82 Å². The van der Waals surface area contributed by atoms with Crippen molar-refractivity contribution in [2.45, 2.75) is 39.5 Å². The average Bonchev–Trinajstić information content (AvgIpc) is 2.34. The van der Waals surface area contributed by atoms with Crippen LogP contribution in [0.15, 0.2) is 18.3 Å². The molecule has 0 aliphatic carbocycles. The van der Waals surface area contributed by atoms with E-state index in [2.05, 4.69) is 17.2 Å². The van der Waals surface area contributed by atoms with Gasteiger partial charge >= 0.3 is 0 Å². The van der Waals surface area contributed by atoms with E-state index in [1.165, 1.54) is 0 Å². The second-order valence-electron chi connectivity index (χ2n) is 4.66. The minimum absolute atomic E-state index is 0.0311. The van der Waals surface area contributed by atoms with Crippen molar-refractivity contribution in [3.8, 4) is 0 Å². The van der Waals surface area contributed by atoms with E-state index in [4.69, 9.17) is 5.73 Å². The van der Waals surface area contributed by atoms with Crippen molar-refractivity contribution >= 4 is 11.7 Å². The molecule has 4 heteroatoms. The number of pyridine rings is 1. The number of hydrogen-bond acceptors (Lipinski definition) is 3. The van der Waals surface area contributed by atoms with E-state index in [-0.39, 0.29) is 5.91 Å². The summed E-state index contributed by atoms with van der Waals surface area (Å²) in [6, 6.07) is 3.78. The van der Waals surface area contributed by atoms with Crippen molar-refractivity contribution in [2.75, 3.05) is 11.9 Å². The van der Waals surface area contributed by atoms with Crippen molar-refractivity contribution in [1.82, 2.24) is 4.98 Å². The third-order valence-corrected chi connectivity index (χ3v) is 3.11. The van der Waals surface area contributed by atoms with Gasteiger partial charge in [-0.15, -0.1) is 0 Å². The number of anilines is 1. The molecule has 1 aromatic heterocycles. The van der Waals surface area contributed by atoms with Gasteiger partial charge in [0, 0.05) is 12.6 Å². The number of nitrogens with zero attached hydrogens (tertiary/aromatic N) is 1. The molecule has 0 fully saturated rings. The molecular formula is C14H23N3O. The third-order valence-electron chi connectivity index (χ3n) is 3.11. The maximum Gasteiger partial charge on any atom is 0.225 e. The van der Waals surface area contributed by atoms with Crippen LogP contribution in [0.2, 0.25) is 0 Å². The van der Waals surface area contributed by atoms with Gasteiger partial charge in [-0.2, -0.15) is 0 Å². The molecule has 0 aliphatic rings. The maximum atomic E-state index is 11.8. The highest BCUT2D eigenvalue weighted by molar-refractivity contribution is 5.89. The van der Waals surface area contributed by atoms with E-state index >= 15 is 0 Å². The summed E-state index contributed by atoms with van der Waals surface area (Å²) >= 11 is 0. The van der Waals surface area contributed by atoms with E-state index in [1.807, 2.05) is 19.1 Å². The smallest absolute Gasteiger partial charge is 0.225 e. The molecule has 1 amide bonds. The zero-order chi connectivity index (χ0) is 13.4. The Bertz CT molecular complexity index is 379. The van der Waals surface area contributed by atoms with Crippen molar-refractivity contribution in [3.05, 3.63) is 23.9 Å². The van der Waals surface area contributed by atoms with E-state index in [0.29, 0.717) is 24.7 Å². The Morgan fingerprint density at radius 2 is 2.28 bits per heavy atom. The molecule has 1 unspecified atom stereocenters. The molecule has 100 valence electrons. The predicted molar refractivity (Wildman–Crippen MR) is 74.3 cm³/mol. The SMILES string of the molecule is CCC(CCN)CCC(=O)Nc1cc(C)ccn1. The largest absolute Gasteiger partial charge is 0.330 e. The molecular weight excluding hydrogens is 226 g/mol. The Kier molecular flexibility index (Phi) is 6.36. The number of rotatable bonds is 7. The molecule has 18 heavy (non-hydrogen) atoms. The van der Waals surface area contributed by atoms with Crippen LogP contribution in [0.25, 0.3) is 0 Å². The summed E-state index contributed by atoms with van der Waals surface area (Å²) in [4.78, 5) is 15.9. The predicted octanol–water partition coefficient (Wildman–Crippen LogP) is 2.48. The lowest BCUT2D eigenvalue weighted by molar-refractivity contribution is -0.116. The third kappa shape index (κ3) is 5.27. The standard InChI is InChI=1S/C14H23N3O/c1-3-12(6-8-15)4-5-14(18)17-13-10-11(2)7-9-16-13/h7,9-10,12H,3-6,8,15H2,1-2H3,(H,16,17,18). The molecule has 0 aliphatic heterocycles. The lowest BCUT2D eigenvalue weighted by atomic mass is 9.96. The highest BCUT2D eigenvalue weighted by Gasteiger charge is 2.09. The molecule has 1 atom stereocenters. The minimum Gasteiger partial charge on any atom is -0.330 e. The second-order valence-corrected chi connectivity index (χ2v) is 4.66. The van der Waals surface area contributed by atoms with Gasteiger partial charge in [-0.1, -0.05) is 13.3 Å². The summed E-state index contributed by atoms with van der Waals surface area (Å²) in [7, 11) is 0. The van der Waals surface area contributed by atoms with Gasteiger partial charge in [0.2, 0.25) is 5.91 Å². The first-order valence-corrected chi connectivity index (χ1v) is 6.58. The minimum atomic E-state index is 0.0311.